The van der Waals surface area contributed by atoms with Gasteiger partial charge in [0, 0.05) is 11.8 Å². The van der Waals surface area contributed by atoms with Crippen molar-refractivity contribution in [1.29, 1.82) is 0 Å². The Bertz CT molecular complexity index is 168. The highest BCUT2D eigenvalue weighted by molar-refractivity contribution is 5.31. The molecule has 0 spiro atoms. The number of hydrogen-bond acceptors (Lipinski definition) is 2. The van der Waals surface area contributed by atoms with Crippen LogP contribution in [0.2, 0.25) is 0 Å². The predicted octanol–water partition coefficient (Wildman–Crippen LogP) is 1.08. The van der Waals surface area contributed by atoms with Crippen molar-refractivity contribution in [3.63, 3.8) is 0 Å². The molecule has 0 aromatic carbocycles. The summed E-state index contributed by atoms with van der Waals surface area (Å²) in [5.41, 5.74) is 7.38. The molecule has 0 atom stereocenters. The average Bonchev–Trinajstić information content (AvgIpc) is 1.59. The maximum Gasteiger partial charge on any atom is 0.131 e. The van der Waals surface area contributed by atoms with Crippen LogP contribution in [0.25, 0.3) is 0 Å². The van der Waals surface area contributed by atoms with Crippen LogP contribution < -0.4 is 5.73 Å². The lowest BCUT2D eigenvalue weighted by molar-refractivity contribution is 1.18. The van der Waals surface area contributed by atoms with Gasteiger partial charge in [-0.1, -0.05) is 0 Å². The van der Waals surface area contributed by atoms with Gasteiger partial charge in [-0.2, -0.15) is 0 Å². The Hall–Kier alpha value is -1.05. The minimum atomic E-state index is 0.479. The fraction of sp³-hybridized carbons (Fsp3) is 0.286. The Balaban J connectivity index is 3.17. The van der Waals surface area contributed by atoms with Gasteiger partial charge in [-0.05, 0) is 25.5 Å². The number of anilines is 1. The lowest BCUT2D eigenvalue weighted by Gasteiger charge is -1.95. The van der Waals surface area contributed by atoms with E-state index < -0.39 is 0 Å². The first-order valence-corrected chi connectivity index (χ1v) is 2.81. The van der Waals surface area contributed by atoms with E-state index >= 15 is 0 Å². The number of nitrogen functional groups attached to an aromatic ring is 1. The molecule has 1 radical (unpaired) electrons. The summed E-state index contributed by atoms with van der Waals surface area (Å²) in [4.78, 5) is 3.96. The van der Waals surface area contributed by atoms with Crippen molar-refractivity contribution in [2.75, 3.05) is 5.73 Å². The minimum absolute atomic E-state index is 0.479. The maximum absolute atomic E-state index is 5.39. The fourth-order valence-corrected chi connectivity index (χ4v) is 0.802. The van der Waals surface area contributed by atoms with Crippen LogP contribution in [0, 0.1) is 19.9 Å². The topological polar surface area (TPSA) is 38.9 Å². The Morgan fingerprint density at radius 3 is 2.67 bits per heavy atom. The summed E-state index contributed by atoms with van der Waals surface area (Å²) in [6.07, 6.45) is 0. The first-order chi connectivity index (χ1) is 4.18. The van der Waals surface area contributed by atoms with E-state index in [1.807, 2.05) is 19.9 Å². The van der Waals surface area contributed by atoms with Crippen molar-refractivity contribution in [3.8, 4) is 0 Å². The molecule has 0 amide bonds. The molecular weight excluding hydrogens is 112 g/mol. The number of nitrogens with two attached hydrogens (primary N) is 1. The van der Waals surface area contributed by atoms with E-state index in [4.69, 9.17) is 5.73 Å². The predicted molar refractivity (Wildman–Crippen MR) is 37.0 cm³/mol. The molecule has 9 heavy (non-hydrogen) atoms. The van der Waals surface area contributed by atoms with Crippen LogP contribution in [0.4, 0.5) is 5.82 Å². The van der Waals surface area contributed by atoms with E-state index in [9.17, 15) is 0 Å². The number of aromatic nitrogens is 1. The molecule has 1 aromatic heterocycles. The molecule has 1 heterocycles. The lowest BCUT2D eigenvalue weighted by Crippen LogP contribution is -1.92. The molecule has 0 aliphatic rings. The number of aryl methyl sites for hydroxylation is 2. The van der Waals surface area contributed by atoms with Gasteiger partial charge in [0.05, 0.1) is 0 Å². The van der Waals surface area contributed by atoms with Gasteiger partial charge in [0.1, 0.15) is 5.82 Å². The van der Waals surface area contributed by atoms with E-state index in [1.165, 1.54) is 0 Å². The molecule has 0 saturated carbocycles. The first-order valence-electron chi connectivity index (χ1n) is 2.81. The van der Waals surface area contributed by atoms with Crippen molar-refractivity contribution >= 4 is 5.82 Å². The SMILES string of the molecule is Cc1[c]c(N)nc(C)c1. The van der Waals surface area contributed by atoms with Gasteiger partial charge in [-0.15, -0.1) is 0 Å². The zero-order chi connectivity index (χ0) is 6.85. The number of nitrogens with zero attached hydrogens (tertiary/aromatic N) is 1. The Morgan fingerprint density at radius 1 is 1.56 bits per heavy atom. The van der Waals surface area contributed by atoms with Gasteiger partial charge in [-0.25, -0.2) is 4.98 Å². The molecule has 0 bridgehead atoms. The average molecular weight is 121 g/mol. The van der Waals surface area contributed by atoms with E-state index in [0.717, 1.165) is 11.3 Å². The van der Waals surface area contributed by atoms with Gasteiger partial charge in [0.2, 0.25) is 0 Å². The molecule has 2 nitrogen and oxygen atoms in total. The second-order valence-corrected chi connectivity index (χ2v) is 2.09. The van der Waals surface area contributed by atoms with E-state index in [2.05, 4.69) is 11.1 Å². The monoisotopic (exact) mass is 121 g/mol. The molecule has 2 heteroatoms. The molecule has 2 N–H and O–H groups in total. The van der Waals surface area contributed by atoms with E-state index in [1.54, 1.807) is 0 Å². The first kappa shape index (κ1) is 6.08. The molecule has 0 saturated heterocycles. The quantitative estimate of drug-likeness (QED) is 0.557. The molecule has 1 rings (SSSR count). The highest BCUT2D eigenvalue weighted by Crippen LogP contribution is 2.02. The van der Waals surface area contributed by atoms with Crippen LogP contribution in [-0.2, 0) is 0 Å². The van der Waals surface area contributed by atoms with Crippen LogP contribution in [-0.4, -0.2) is 4.98 Å². The number of hydrogen-bond donors (Lipinski definition) is 1. The molecule has 47 valence electrons. The lowest BCUT2D eigenvalue weighted by atomic mass is 10.2. The third-order valence-electron chi connectivity index (χ3n) is 1.05. The molecule has 0 aliphatic heterocycles. The fourth-order valence-electron chi connectivity index (χ4n) is 0.802. The van der Waals surface area contributed by atoms with Crippen molar-refractivity contribution in [2.45, 2.75) is 13.8 Å². The van der Waals surface area contributed by atoms with Crippen LogP contribution in [0.5, 0.6) is 0 Å². The van der Waals surface area contributed by atoms with Gasteiger partial charge < -0.3 is 5.73 Å². The zero-order valence-corrected chi connectivity index (χ0v) is 5.60. The summed E-state index contributed by atoms with van der Waals surface area (Å²) in [5.74, 6) is 0.479. The van der Waals surface area contributed by atoms with E-state index in [0.29, 0.717) is 5.82 Å². The van der Waals surface area contributed by atoms with Crippen LogP contribution in [0.15, 0.2) is 6.07 Å². The van der Waals surface area contributed by atoms with Crippen LogP contribution in [0.3, 0.4) is 0 Å². The van der Waals surface area contributed by atoms with Crippen LogP contribution in [0.1, 0.15) is 11.3 Å². The molecular formula is C7H9N2. The molecule has 0 unspecified atom stereocenters. The highest BCUT2D eigenvalue weighted by Gasteiger charge is 1.90. The molecule has 0 aliphatic carbocycles. The summed E-state index contributed by atoms with van der Waals surface area (Å²) in [5, 5.41) is 0. The van der Waals surface area contributed by atoms with E-state index in [-0.39, 0.29) is 0 Å². The molecule has 1 aromatic rings. The Labute approximate surface area is 54.7 Å². The van der Waals surface area contributed by atoms with Crippen molar-refractivity contribution in [1.82, 2.24) is 4.98 Å². The third kappa shape index (κ3) is 1.42. The van der Waals surface area contributed by atoms with Gasteiger partial charge in [-0.3, -0.25) is 0 Å². The Kier molecular flexibility index (Phi) is 1.39. The van der Waals surface area contributed by atoms with Gasteiger partial charge in [0.15, 0.2) is 0 Å². The number of rotatable bonds is 0. The summed E-state index contributed by atoms with van der Waals surface area (Å²) in [6.45, 7) is 3.86. The minimum Gasteiger partial charge on any atom is -0.383 e. The smallest absolute Gasteiger partial charge is 0.131 e. The maximum atomic E-state index is 5.39. The standard InChI is InChI=1S/C7H9N2/c1-5-3-6(2)9-7(8)4-5/h3H,1-2H3,(H2,8,9). The summed E-state index contributed by atoms with van der Waals surface area (Å²) in [6, 6.07) is 4.82. The second kappa shape index (κ2) is 2.05. The van der Waals surface area contributed by atoms with Crippen molar-refractivity contribution < 1.29 is 0 Å². The van der Waals surface area contributed by atoms with Crippen LogP contribution >= 0.6 is 0 Å². The Morgan fingerprint density at radius 2 is 2.22 bits per heavy atom. The third-order valence-corrected chi connectivity index (χ3v) is 1.05. The molecule has 0 fully saturated rings. The highest BCUT2D eigenvalue weighted by atomic mass is 14.8. The van der Waals surface area contributed by atoms with Gasteiger partial charge >= 0.3 is 0 Å². The van der Waals surface area contributed by atoms with Crippen molar-refractivity contribution in [2.24, 2.45) is 0 Å². The summed E-state index contributed by atoms with van der Waals surface area (Å²) < 4.78 is 0. The van der Waals surface area contributed by atoms with Crippen molar-refractivity contribution in [3.05, 3.63) is 23.4 Å². The summed E-state index contributed by atoms with van der Waals surface area (Å²) in [7, 11) is 0. The second-order valence-electron chi connectivity index (χ2n) is 2.09. The number of pyridine rings is 1. The normalized spacial score (nSPS) is 9.56. The largest absolute Gasteiger partial charge is 0.383 e. The zero-order valence-electron chi connectivity index (χ0n) is 5.60. The summed E-state index contributed by atoms with van der Waals surface area (Å²) >= 11 is 0. The van der Waals surface area contributed by atoms with Gasteiger partial charge in [0.25, 0.3) is 0 Å².